The molecule has 0 aliphatic heterocycles. The maximum absolute atomic E-state index is 13.7. The van der Waals surface area contributed by atoms with E-state index in [9.17, 15) is 23.1 Å². The molecule has 1 radical (unpaired) electrons. The summed E-state index contributed by atoms with van der Waals surface area (Å²) in [6.07, 6.45) is 2.93. The van der Waals surface area contributed by atoms with Crippen molar-refractivity contribution in [1.82, 2.24) is 19.4 Å². The van der Waals surface area contributed by atoms with Crippen LogP contribution in [-0.4, -0.2) is 38.3 Å². The Balaban J connectivity index is 0.000000328. The van der Waals surface area contributed by atoms with Crippen LogP contribution in [0.3, 0.4) is 0 Å². The number of carbonyl (C=O) groups excluding carboxylic acids is 1. The molecule has 3 aromatic heterocycles. The number of nitrogens with zero attached hydrogens (tertiary/aromatic N) is 4. The largest absolute Gasteiger partial charge is 0.512 e. The molecule has 0 saturated carbocycles. The molecule has 2 aromatic carbocycles. The zero-order valence-corrected chi connectivity index (χ0v) is 33.1. The van der Waals surface area contributed by atoms with Crippen molar-refractivity contribution in [3.63, 3.8) is 0 Å². The number of benzene rings is 2. The summed E-state index contributed by atoms with van der Waals surface area (Å²) in [5.74, 6) is 0.829. The van der Waals surface area contributed by atoms with Gasteiger partial charge in [-0.3, -0.25) is 14.2 Å². The SMILES string of the molecule is CCC(CC)C(=O)/C(C)=C(\O)C(CC)CC.Cc1ccc2[c-]c(-c3ncc(C(F)(F)F)c4nc5ncccn5c34)cc([Si](C)(C)C)c2c1.[Ir]. The number of pyridine rings is 1. The van der Waals surface area contributed by atoms with Crippen LogP contribution in [0.15, 0.2) is 60.3 Å². The molecule has 265 valence electrons. The fourth-order valence-electron chi connectivity index (χ4n) is 6.17. The Morgan fingerprint density at radius 3 is 2.20 bits per heavy atom. The zero-order chi connectivity index (χ0) is 35.6. The van der Waals surface area contributed by atoms with Crippen molar-refractivity contribution in [2.24, 2.45) is 11.8 Å². The molecule has 49 heavy (non-hydrogen) atoms. The first-order valence-corrected chi connectivity index (χ1v) is 20.2. The van der Waals surface area contributed by atoms with E-state index in [2.05, 4.69) is 46.7 Å². The van der Waals surface area contributed by atoms with Crippen molar-refractivity contribution < 1.29 is 43.2 Å². The standard InChI is InChI=1S/C24H20F3N4Si.C14H26O2.Ir/c1-14-6-7-15-11-16(12-19(17(15)10-14)32(2,3)4)20-22-21(18(13-29-20)24(25,26)27)30-23-28-8-5-9-31(22)23;1-6-11(7-2)13(15)10(5)14(16)12(8-3)9-4;/h5-10,12-13H,1-4H3;11-12,15H,6-9H2,1-5H3;/q-1;;/b;13-10-;. The number of aromatic nitrogens is 4. The van der Waals surface area contributed by atoms with Crippen LogP contribution in [0.5, 0.6) is 0 Å². The van der Waals surface area contributed by atoms with E-state index in [0.717, 1.165) is 48.2 Å². The Labute approximate surface area is 301 Å². The van der Waals surface area contributed by atoms with Crippen LogP contribution in [-0.2, 0) is 31.1 Å². The van der Waals surface area contributed by atoms with E-state index in [-0.39, 0.29) is 54.5 Å². The van der Waals surface area contributed by atoms with Gasteiger partial charge in [0.15, 0.2) is 5.78 Å². The van der Waals surface area contributed by atoms with Gasteiger partial charge in [0.05, 0.1) is 19.1 Å². The molecule has 5 rings (SSSR count). The van der Waals surface area contributed by atoms with Gasteiger partial charge in [-0.05, 0) is 45.6 Å². The molecule has 0 spiro atoms. The maximum atomic E-state index is 13.7. The number of rotatable bonds is 9. The minimum Gasteiger partial charge on any atom is -0.512 e. The third-order valence-electron chi connectivity index (χ3n) is 9.08. The second-order valence-electron chi connectivity index (χ2n) is 13.4. The summed E-state index contributed by atoms with van der Waals surface area (Å²) in [5, 5.41) is 13.3. The monoisotopic (exact) mass is 868 g/mol. The van der Waals surface area contributed by atoms with Crippen LogP contribution in [0.4, 0.5) is 13.2 Å². The summed E-state index contributed by atoms with van der Waals surface area (Å²) in [5.41, 5.74) is 2.05. The predicted octanol–water partition coefficient (Wildman–Crippen LogP) is 10.0. The van der Waals surface area contributed by atoms with Gasteiger partial charge >= 0.3 is 6.18 Å². The van der Waals surface area contributed by atoms with Crippen LogP contribution in [0.25, 0.3) is 38.8 Å². The molecule has 0 atom stereocenters. The summed E-state index contributed by atoms with van der Waals surface area (Å²) < 4.78 is 42.8. The fraction of sp³-hybridized carbons (Fsp3) is 0.421. The van der Waals surface area contributed by atoms with Gasteiger partial charge in [0.2, 0.25) is 5.78 Å². The number of halogens is 3. The third kappa shape index (κ3) is 8.50. The van der Waals surface area contributed by atoms with Crippen LogP contribution >= 0.6 is 0 Å². The Morgan fingerprint density at radius 1 is 1.00 bits per heavy atom. The molecular weight excluding hydrogens is 822 g/mol. The van der Waals surface area contributed by atoms with E-state index in [1.807, 2.05) is 52.8 Å². The van der Waals surface area contributed by atoms with Gasteiger partial charge < -0.3 is 5.11 Å². The number of aryl methyl sites for hydroxylation is 1. The van der Waals surface area contributed by atoms with Gasteiger partial charge in [-0.25, -0.2) is 9.97 Å². The number of allylic oxidation sites excluding steroid dienone is 2. The van der Waals surface area contributed by atoms with E-state index in [1.165, 1.54) is 11.4 Å². The van der Waals surface area contributed by atoms with Crippen molar-refractivity contribution in [2.45, 2.75) is 93.0 Å². The average molecular weight is 868 g/mol. The van der Waals surface area contributed by atoms with E-state index in [0.29, 0.717) is 22.6 Å². The minimum atomic E-state index is -4.57. The second kappa shape index (κ2) is 16.1. The number of alkyl halides is 3. The predicted molar refractivity (Wildman–Crippen MR) is 191 cm³/mol. The summed E-state index contributed by atoms with van der Waals surface area (Å²) in [6.45, 7) is 18.7. The van der Waals surface area contributed by atoms with Crippen LogP contribution in [0.2, 0.25) is 19.6 Å². The van der Waals surface area contributed by atoms with E-state index < -0.39 is 19.8 Å². The number of aliphatic hydroxyl groups is 1. The van der Waals surface area contributed by atoms with Gasteiger partial charge in [0.1, 0.15) is 11.3 Å². The first-order chi connectivity index (χ1) is 22.6. The molecule has 3 heterocycles. The van der Waals surface area contributed by atoms with Crippen molar-refractivity contribution in [1.29, 1.82) is 0 Å². The van der Waals surface area contributed by atoms with E-state index >= 15 is 0 Å². The molecule has 0 amide bonds. The summed E-state index contributed by atoms with van der Waals surface area (Å²) in [4.78, 5) is 24.7. The van der Waals surface area contributed by atoms with Gasteiger partial charge in [-0.15, -0.1) is 28.8 Å². The number of imidazole rings is 1. The summed E-state index contributed by atoms with van der Waals surface area (Å²) >= 11 is 0. The van der Waals surface area contributed by atoms with Gasteiger partial charge in [-0.2, -0.15) is 13.2 Å². The molecule has 6 nitrogen and oxygen atoms in total. The van der Waals surface area contributed by atoms with Gasteiger partial charge in [-0.1, -0.05) is 76.0 Å². The van der Waals surface area contributed by atoms with Crippen molar-refractivity contribution in [2.75, 3.05) is 0 Å². The Morgan fingerprint density at radius 2 is 1.63 bits per heavy atom. The normalized spacial score (nSPS) is 12.7. The average Bonchev–Trinajstić information content (AvgIpc) is 3.43. The molecule has 11 heteroatoms. The van der Waals surface area contributed by atoms with E-state index in [1.54, 1.807) is 23.6 Å². The Hall–Kier alpha value is -3.40. The van der Waals surface area contributed by atoms with Crippen LogP contribution in [0, 0.1) is 24.8 Å². The summed E-state index contributed by atoms with van der Waals surface area (Å²) in [7, 11) is -1.79. The number of aliphatic hydroxyl groups excluding tert-OH is 1. The Bertz CT molecular complexity index is 1970. The number of carbonyl (C=O) groups is 1. The van der Waals surface area contributed by atoms with Crippen molar-refractivity contribution in [3.05, 3.63) is 77.4 Å². The third-order valence-corrected chi connectivity index (χ3v) is 11.1. The smallest absolute Gasteiger partial charge is 0.419 e. The molecule has 1 N–H and O–H groups in total. The van der Waals surface area contributed by atoms with Crippen molar-refractivity contribution in [3.8, 4) is 11.3 Å². The Kier molecular flexibility index (Phi) is 13.1. The molecule has 0 fully saturated rings. The van der Waals surface area contributed by atoms with Crippen LogP contribution < -0.4 is 5.19 Å². The van der Waals surface area contributed by atoms with Crippen molar-refractivity contribution >= 4 is 46.6 Å². The van der Waals surface area contributed by atoms with Crippen LogP contribution in [0.1, 0.15) is 71.4 Å². The number of fused-ring (bicyclic) bond motifs is 4. The number of hydrogen-bond acceptors (Lipinski definition) is 5. The zero-order valence-electron chi connectivity index (χ0n) is 29.7. The number of ketones is 1. The minimum absolute atomic E-state index is 0. The molecule has 0 saturated heterocycles. The molecule has 5 aromatic rings. The second-order valence-corrected chi connectivity index (χ2v) is 18.5. The van der Waals surface area contributed by atoms with Gasteiger partial charge in [0.25, 0.3) is 0 Å². The molecule has 0 aliphatic rings. The molecule has 0 unspecified atom stereocenters. The first kappa shape index (κ1) is 40.0. The molecule has 0 aliphatic carbocycles. The molecular formula is C38H46F3IrN4O2Si-. The first-order valence-electron chi connectivity index (χ1n) is 16.7. The quantitative estimate of drug-likeness (QED) is 0.0691. The topological polar surface area (TPSA) is 80.4 Å². The molecule has 0 bridgehead atoms. The number of Topliss-reactive ketones (excluding diaryl/α,β-unsaturated/α-hetero) is 1. The van der Waals surface area contributed by atoms with Gasteiger partial charge in [0, 0.05) is 61.8 Å². The fourth-order valence-corrected chi connectivity index (χ4v) is 7.76. The number of hydrogen-bond donors (Lipinski definition) is 1. The summed E-state index contributed by atoms with van der Waals surface area (Å²) in [6, 6.07) is 13.3. The maximum Gasteiger partial charge on any atom is 0.419 e. The van der Waals surface area contributed by atoms with E-state index in [4.69, 9.17) is 0 Å².